The molecule has 0 amide bonds. The van der Waals surface area contributed by atoms with Gasteiger partial charge in [-0.3, -0.25) is 4.57 Å². The number of hydrogen-bond donors (Lipinski definition) is 1. The Morgan fingerprint density at radius 1 is 1.15 bits per heavy atom. The minimum atomic E-state index is 0.414. The summed E-state index contributed by atoms with van der Waals surface area (Å²) in [6.45, 7) is 0. The highest BCUT2D eigenvalue weighted by molar-refractivity contribution is 7.98. The van der Waals surface area contributed by atoms with Gasteiger partial charge in [0.2, 0.25) is 5.95 Å². The van der Waals surface area contributed by atoms with Crippen molar-refractivity contribution in [2.45, 2.75) is 4.90 Å². The number of hydrogen-bond acceptors (Lipinski definition) is 3. The zero-order valence-electron chi connectivity index (χ0n) is 10.6. The number of thioether (sulfide) groups is 1. The first-order valence-electron chi connectivity index (χ1n) is 5.87. The molecule has 1 heterocycles. The number of anilines is 1. The van der Waals surface area contributed by atoms with Crippen LogP contribution in [0.3, 0.4) is 0 Å². The van der Waals surface area contributed by atoms with Crippen LogP contribution in [0.1, 0.15) is 0 Å². The molecule has 0 radical (unpaired) electrons. The Kier molecular flexibility index (Phi) is 3.54. The zero-order chi connectivity index (χ0) is 14.3. The van der Waals surface area contributed by atoms with Gasteiger partial charge in [0.15, 0.2) is 0 Å². The van der Waals surface area contributed by atoms with Crippen LogP contribution in [-0.4, -0.2) is 15.8 Å². The van der Waals surface area contributed by atoms with Crippen molar-refractivity contribution in [2.24, 2.45) is 0 Å². The molecular weight excluding hydrogens is 313 g/mol. The highest BCUT2D eigenvalue weighted by Crippen LogP contribution is 2.31. The van der Waals surface area contributed by atoms with E-state index >= 15 is 0 Å². The van der Waals surface area contributed by atoms with Gasteiger partial charge in [-0.05, 0) is 36.6 Å². The van der Waals surface area contributed by atoms with E-state index in [-0.39, 0.29) is 0 Å². The van der Waals surface area contributed by atoms with Crippen molar-refractivity contribution in [1.29, 1.82) is 0 Å². The van der Waals surface area contributed by atoms with Crippen molar-refractivity contribution < 1.29 is 0 Å². The molecule has 3 aromatic rings. The van der Waals surface area contributed by atoms with E-state index in [1.807, 2.05) is 29.0 Å². The van der Waals surface area contributed by atoms with Gasteiger partial charge in [0.05, 0.1) is 26.8 Å². The zero-order valence-corrected chi connectivity index (χ0v) is 12.9. The van der Waals surface area contributed by atoms with Crippen LogP contribution in [0.4, 0.5) is 5.95 Å². The van der Waals surface area contributed by atoms with E-state index in [4.69, 9.17) is 28.9 Å². The quantitative estimate of drug-likeness (QED) is 0.699. The van der Waals surface area contributed by atoms with Gasteiger partial charge in [-0.2, -0.15) is 0 Å². The van der Waals surface area contributed by atoms with E-state index < -0.39 is 0 Å². The van der Waals surface area contributed by atoms with Gasteiger partial charge in [-0.25, -0.2) is 4.98 Å². The monoisotopic (exact) mass is 323 g/mol. The second-order valence-electron chi connectivity index (χ2n) is 4.26. The summed E-state index contributed by atoms with van der Waals surface area (Å²) in [4.78, 5) is 5.49. The molecule has 0 aliphatic rings. The number of rotatable bonds is 2. The summed E-state index contributed by atoms with van der Waals surface area (Å²) < 4.78 is 1.87. The molecule has 0 saturated heterocycles. The van der Waals surface area contributed by atoms with Crippen LogP contribution in [-0.2, 0) is 0 Å². The number of aromatic nitrogens is 2. The maximum atomic E-state index is 6.10. The minimum absolute atomic E-state index is 0.414. The highest BCUT2D eigenvalue weighted by Gasteiger charge is 2.12. The minimum Gasteiger partial charge on any atom is -0.369 e. The fourth-order valence-electron chi connectivity index (χ4n) is 2.11. The smallest absolute Gasteiger partial charge is 0.205 e. The summed E-state index contributed by atoms with van der Waals surface area (Å²) in [5, 5.41) is 0.961. The van der Waals surface area contributed by atoms with E-state index in [1.165, 1.54) is 0 Å². The van der Waals surface area contributed by atoms with Crippen molar-refractivity contribution in [1.82, 2.24) is 9.55 Å². The Morgan fingerprint density at radius 2 is 1.90 bits per heavy atom. The molecule has 3 rings (SSSR count). The molecule has 2 aromatic carbocycles. The molecule has 0 saturated carbocycles. The molecule has 1 aromatic heterocycles. The summed E-state index contributed by atoms with van der Waals surface area (Å²) in [6, 6.07) is 11.6. The SMILES string of the molecule is CSc1cccc(-n2c(N)nc3cc(Cl)c(Cl)cc32)c1. The molecule has 102 valence electrons. The van der Waals surface area contributed by atoms with Crippen molar-refractivity contribution >= 4 is 51.9 Å². The third-order valence-electron chi connectivity index (χ3n) is 3.03. The summed E-state index contributed by atoms with van der Waals surface area (Å²) in [5.41, 5.74) is 8.56. The third kappa shape index (κ3) is 2.24. The third-order valence-corrected chi connectivity index (χ3v) is 4.48. The molecule has 0 atom stereocenters. The first-order chi connectivity index (χ1) is 9.60. The largest absolute Gasteiger partial charge is 0.369 e. The second kappa shape index (κ2) is 5.20. The molecule has 0 unspecified atom stereocenters. The number of halogens is 2. The average Bonchev–Trinajstić information content (AvgIpc) is 2.74. The number of nitrogens with zero attached hydrogens (tertiary/aromatic N) is 2. The van der Waals surface area contributed by atoms with Gasteiger partial charge in [-0.15, -0.1) is 11.8 Å². The number of benzene rings is 2. The number of imidazole rings is 1. The molecule has 0 aliphatic carbocycles. The van der Waals surface area contributed by atoms with Crippen LogP contribution >= 0.6 is 35.0 Å². The molecule has 3 nitrogen and oxygen atoms in total. The number of nitrogens with two attached hydrogens (primary N) is 1. The fraction of sp³-hybridized carbons (Fsp3) is 0.0714. The Bertz CT molecular complexity index is 798. The Morgan fingerprint density at radius 3 is 2.65 bits per heavy atom. The molecule has 2 N–H and O–H groups in total. The van der Waals surface area contributed by atoms with E-state index in [1.54, 1.807) is 23.9 Å². The summed E-state index contributed by atoms with van der Waals surface area (Å²) >= 11 is 13.8. The Balaban J connectivity index is 2.29. The van der Waals surface area contributed by atoms with Gasteiger partial charge >= 0.3 is 0 Å². The van der Waals surface area contributed by atoms with Crippen molar-refractivity contribution in [3.63, 3.8) is 0 Å². The van der Waals surface area contributed by atoms with Crippen LogP contribution in [0.25, 0.3) is 16.7 Å². The Labute approximate surface area is 130 Å². The van der Waals surface area contributed by atoms with Crippen LogP contribution in [0.2, 0.25) is 10.0 Å². The Hall–Kier alpha value is -1.36. The van der Waals surface area contributed by atoms with Crippen molar-refractivity contribution in [3.05, 3.63) is 46.4 Å². The second-order valence-corrected chi connectivity index (χ2v) is 5.96. The van der Waals surface area contributed by atoms with Gasteiger partial charge in [0, 0.05) is 4.90 Å². The standard InChI is InChI=1S/C14H11Cl2N3S/c1-20-9-4-2-3-8(5-9)19-13-7-11(16)10(15)6-12(13)18-14(19)17/h2-7H,1H3,(H2,17,18). The van der Waals surface area contributed by atoms with Crippen LogP contribution in [0, 0.1) is 0 Å². The summed E-state index contributed by atoms with van der Waals surface area (Å²) in [6.07, 6.45) is 2.03. The highest BCUT2D eigenvalue weighted by atomic mass is 35.5. The maximum absolute atomic E-state index is 6.10. The topological polar surface area (TPSA) is 43.8 Å². The van der Waals surface area contributed by atoms with E-state index in [9.17, 15) is 0 Å². The number of nitrogen functional groups attached to an aromatic ring is 1. The maximum Gasteiger partial charge on any atom is 0.205 e. The van der Waals surface area contributed by atoms with Gasteiger partial charge in [0.25, 0.3) is 0 Å². The molecule has 0 spiro atoms. The summed E-state index contributed by atoms with van der Waals surface area (Å²) in [7, 11) is 0. The van der Waals surface area contributed by atoms with Gasteiger partial charge in [-0.1, -0.05) is 29.3 Å². The molecule has 0 fully saturated rings. The molecule has 6 heteroatoms. The number of fused-ring (bicyclic) bond motifs is 1. The van der Waals surface area contributed by atoms with Crippen LogP contribution < -0.4 is 5.73 Å². The van der Waals surface area contributed by atoms with Gasteiger partial charge < -0.3 is 5.73 Å². The first-order valence-corrected chi connectivity index (χ1v) is 7.85. The van der Waals surface area contributed by atoms with Crippen molar-refractivity contribution in [2.75, 3.05) is 12.0 Å². The van der Waals surface area contributed by atoms with E-state index in [2.05, 4.69) is 11.1 Å². The van der Waals surface area contributed by atoms with Crippen LogP contribution in [0.15, 0.2) is 41.3 Å². The van der Waals surface area contributed by atoms with Crippen molar-refractivity contribution in [3.8, 4) is 5.69 Å². The lowest BCUT2D eigenvalue weighted by molar-refractivity contribution is 1.10. The lowest BCUT2D eigenvalue weighted by atomic mass is 10.3. The van der Waals surface area contributed by atoms with Gasteiger partial charge in [0.1, 0.15) is 0 Å². The van der Waals surface area contributed by atoms with E-state index in [0.29, 0.717) is 16.0 Å². The molecule has 0 bridgehead atoms. The van der Waals surface area contributed by atoms with E-state index in [0.717, 1.165) is 21.6 Å². The predicted molar refractivity (Wildman–Crippen MR) is 87.3 cm³/mol. The predicted octanol–water partition coefficient (Wildman–Crippen LogP) is 4.64. The lowest BCUT2D eigenvalue weighted by Gasteiger charge is -2.08. The average molecular weight is 324 g/mol. The molecular formula is C14H11Cl2N3S. The first kappa shape index (κ1) is 13.6. The fourth-order valence-corrected chi connectivity index (χ4v) is 2.88. The lowest BCUT2D eigenvalue weighted by Crippen LogP contribution is -2.00. The molecule has 0 aliphatic heterocycles. The normalized spacial score (nSPS) is 11.2. The van der Waals surface area contributed by atoms with Crippen LogP contribution in [0.5, 0.6) is 0 Å². The molecule has 20 heavy (non-hydrogen) atoms. The summed E-state index contributed by atoms with van der Waals surface area (Å²) in [5.74, 6) is 0.414.